The second-order valence-electron chi connectivity index (χ2n) is 12.7. The topological polar surface area (TPSA) is 104 Å². The Bertz CT molecular complexity index is 2160. The van der Waals surface area contributed by atoms with Gasteiger partial charge in [0.1, 0.15) is 5.69 Å². The molecule has 0 radical (unpaired) electrons. The standard InChI is InChI=1S/C34H21Cl4F5N2O6/c1-11-3-4-13(9-17(11)35)44-29(47)15-6-5-14-16(20(15)30(44)48)10-33(37)31(49)45(27-25(42)23(40)22(39)24(41)26(27)43)32(50)34(33,38)21(14)12-7-18(36)28(46)19(8-12)51-2/h3-5,7-9,15-16,20-21,46H,6,10H2,1-2H3/t15-,16+,20-,21-,33+,34-/m0/s1. The van der Waals surface area contributed by atoms with Crippen LogP contribution >= 0.6 is 46.4 Å². The Morgan fingerprint density at radius 2 is 1.45 bits per heavy atom. The van der Waals surface area contributed by atoms with Crippen LogP contribution in [0.2, 0.25) is 10.0 Å². The third-order valence-corrected chi connectivity index (χ3v) is 12.3. The van der Waals surface area contributed by atoms with Crippen molar-refractivity contribution in [3.63, 3.8) is 0 Å². The van der Waals surface area contributed by atoms with Crippen LogP contribution in [0.15, 0.2) is 42.0 Å². The van der Waals surface area contributed by atoms with Crippen LogP contribution in [0.25, 0.3) is 0 Å². The third-order valence-electron chi connectivity index (χ3n) is 10.2. The smallest absolute Gasteiger partial charge is 0.258 e. The van der Waals surface area contributed by atoms with E-state index in [1.807, 2.05) is 0 Å². The number of fused-ring (bicyclic) bond motifs is 4. The summed E-state index contributed by atoms with van der Waals surface area (Å²) in [6, 6.07) is 6.91. The van der Waals surface area contributed by atoms with E-state index in [0.29, 0.717) is 5.56 Å². The first-order chi connectivity index (χ1) is 23.9. The maximum atomic E-state index is 15.2. The number of phenolic OH excluding ortho intramolecular Hbond substituents is 1. The van der Waals surface area contributed by atoms with Gasteiger partial charge in [0.15, 0.2) is 44.5 Å². The molecular formula is C34H21Cl4F5N2O6. The molecule has 4 amide bonds. The summed E-state index contributed by atoms with van der Waals surface area (Å²) in [7, 11) is 1.18. The van der Waals surface area contributed by atoms with Crippen LogP contribution in [0, 0.1) is 53.8 Å². The lowest BCUT2D eigenvalue weighted by atomic mass is 9.56. The predicted octanol–water partition coefficient (Wildman–Crippen LogP) is 7.48. The molecule has 2 aliphatic heterocycles. The van der Waals surface area contributed by atoms with Crippen molar-refractivity contribution in [3.8, 4) is 11.5 Å². The fourth-order valence-corrected chi connectivity index (χ4v) is 9.16. The van der Waals surface area contributed by atoms with E-state index in [1.54, 1.807) is 13.0 Å². The molecule has 6 atom stereocenters. The highest BCUT2D eigenvalue weighted by Crippen LogP contribution is 2.66. The highest BCUT2D eigenvalue weighted by Gasteiger charge is 2.77. The molecule has 3 aromatic rings. The molecule has 3 aromatic carbocycles. The predicted molar refractivity (Wildman–Crippen MR) is 175 cm³/mol. The van der Waals surface area contributed by atoms with E-state index in [-0.39, 0.29) is 43.9 Å². The molecule has 3 fully saturated rings. The first-order valence-corrected chi connectivity index (χ1v) is 16.6. The van der Waals surface area contributed by atoms with E-state index >= 15 is 8.78 Å². The number of ether oxygens (including phenoxy) is 1. The van der Waals surface area contributed by atoms with Gasteiger partial charge in [0.25, 0.3) is 11.8 Å². The number of imide groups is 2. The monoisotopic (exact) mass is 788 g/mol. The summed E-state index contributed by atoms with van der Waals surface area (Å²) in [5, 5.41) is 10.4. The lowest BCUT2D eigenvalue weighted by Gasteiger charge is -2.50. The number of methoxy groups -OCH3 is 1. The summed E-state index contributed by atoms with van der Waals surface area (Å²) < 4.78 is 78.7. The molecule has 0 aromatic heterocycles. The second-order valence-corrected chi connectivity index (χ2v) is 14.7. The minimum Gasteiger partial charge on any atom is -0.503 e. The fourth-order valence-electron chi connectivity index (χ4n) is 7.83. The number of carbonyl (C=O) groups is 4. The van der Waals surface area contributed by atoms with Gasteiger partial charge in [-0.1, -0.05) is 40.9 Å². The average molecular weight is 790 g/mol. The van der Waals surface area contributed by atoms with Crippen LogP contribution < -0.4 is 14.5 Å². The van der Waals surface area contributed by atoms with Crippen LogP contribution in [0.1, 0.15) is 29.9 Å². The maximum absolute atomic E-state index is 15.2. The first kappa shape index (κ1) is 35.5. The number of hydrogen-bond donors (Lipinski definition) is 1. The third kappa shape index (κ3) is 4.57. The van der Waals surface area contributed by atoms with Crippen molar-refractivity contribution in [2.45, 2.75) is 35.4 Å². The van der Waals surface area contributed by atoms with Crippen LogP contribution in [0.5, 0.6) is 11.5 Å². The number of nitrogens with zero attached hydrogens (tertiary/aromatic N) is 2. The number of hydrogen-bond acceptors (Lipinski definition) is 6. The quantitative estimate of drug-likeness (QED) is 0.0735. The number of anilines is 2. The summed E-state index contributed by atoms with van der Waals surface area (Å²) in [5.41, 5.74) is -0.916. The van der Waals surface area contributed by atoms with Gasteiger partial charge in [-0.05, 0) is 61.1 Å². The first-order valence-electron chi connectivity index (χ1n) is 15.1. The van der Waals surface area contributed by atoms with Crippen molar-refractivity contribution in [1.29, 1.82) is 0 Å². The molecule has 1 saturated carbocycles. The van der Waals surface area contributed by atoms with Gasteiger partial charge in [-0.15, -0.1) is 23.2 Å². The van der Waals surface area contributed by atoms with Crippen LogP contribution in [0.3, 0.4) is 0 Å². The molecule has 4 aliphatic rings. The number of phenols is 1. The zero-order chi connectivity index (χ0) is 37.2. The number of aromatic hydroxyl groups is 1. The normalized spacial score (nSPS) is 28.6. The summed E-state index contributed by atoms with van der Waals surface area (Å²) in [5.74, 6) is -22.8. The molecule has 266 valence electrons. The number of benzene rings is 3. The van der Waals surface area contributed by atoms with Crippen LogP contribution in [-0.2, 0) is 19.2 Å². The zero-order valence-electron chi connectivity index (χ0n) is 26.0. The maximum Gasteiger partial charge on any atom is 0.258 e. The highest BCUT2D eigenvalue weighted by atomic mass is 35.5. The Kier molecular flexibility index (Phi) is 8.22. The van der Waals surface area contributed by atoms with Gasteiger partial charge in [0.05, 0.1) is 29.7 Å². The van der Waals surface area contributed by atoms with Crippen molar-refractivity contribution >= 4 is 81.4 Å². The molecule has 7 rings (SSSR count). The van der Waals surface area contributed by atoms with Gasteiger partial charge in [0, 0.05) is 10.9 Å². The Balaban J connectivity index is 1.45. The molecule has 51 heavy (non-hydrogen) atoms. The van der Waals surface area contributed by atoms with Crippen LogP contribution in [0.4, 0.5) is 33.3 Å². The number of carbonyl (C=O) groups excluding carboxylic acids is 4. The number of alkyl halides is 2. The summed E-state index contributed by atoms with van der Waals surface area (Å²) in [4.78, 5) is 52.0. The van der Waals surface area contributed by atoms with Crippen LogP contribution in [-0.4, -0.2) is 45.6 Å². The largest absolute Gasteiger partial charge is 0.503 e. The van der Waals surface area contributed by atoms with E-state index in [2.05, 4.69) is 0 Å². The summed E-state index contributed by atoms with van der Waals surface area (Å²) >= 11 is 26.9. The minimum absolute atomic E-state index is 0.0385. The number of aryl methyl sites for hydroxylation is 1. The lowest BCUT2D eigenvalue weighted by Crippen LogP contribution is -2.60. The highest BCUT2D eigenvalue weighted by molar-refractivity contribution is 6.58. The SMILES string of the molecule is COc1cc([C@H]2C3=CC[C@@H]4C(=O)N(c5ccc(C)c(Cl)c5)C(=O)[C@@H]4[C@@H]3C[C@@]3(Cl)C(=O)N(c4c(F)c(F)c(F)c(F)c4F)C(=O)[C@@]23Cl)cc(Cl)c1O. The van der Waals surface area contributed by atoms with E-state index in [0.717, 1.165) is 11.0 Å². The van der Waals surface area contributed by atoms with Gasteiger partial charge in [-0.25, -0.2) is 31.8 Å². The van der Waals surface area contributed by atoms with E-state index < -0.39 is 104 Å². The molecule has 8 nitrogen and oxygen atoms in total. The summed E-state index contributed by atoms with van der Waals surface area (Å²) in [6.45, 7) is 1.72. The molecule has 2 heterocycles. The minimum atomic E-state index is -2.78. The van der Waals surface area contributed by atoms with Gasteiger partial charge in [0.2, 0.25) is 17.6 Å². The molecule has 2 saturated heterocycles. The van der Waals surface area contributed by atoms with Crippen molar-refractivity contribution in [2.75, 3.05) is 16.9 Å². The molecule has 0 spiro atoms. The van der Waals surface area contributed by atoms with Gasteiger partial charge in [-0.3, -0.25) is 19.2 Å². The lowest BCUT2D eigenvalue weighted by molar-refractivity contribution is -0.125. The molecule has 0 bridgehead atoms. The van der Waals surface area contributed by atoms with Gasteiger partial charge < -0.3 is 9.84 Å². The molecule has 1 N–H and O–H groups in total. The Morgan fingerprint density at radius 1 is 0.824 bits per heavy atom. The molecule has 0 unspecified atom stereocenters. The van der Waals surface area contributed by atoms with Crippen molar-refractivity contribution in [2.24, 2.45) is 17.8 Å². The van der Waals surface area contributed by atoms with Gasteiger partial charge in [-0.2, -0.15) is 0 Å². The number of allylic oxidation sites excluding steroid dienone is 2. The Morgan fingerprint density at radius 3 is 2.06 bits per heavy atom. The van der Waals surface area contributed by atoms with Crippen molar-refractivity contribution < 1.29 is 51.0 Å². The fraction of sp³-hybridized carbons (Fsp3) is 0.294. The molecular weight excluding hydrogens is 769 g/mol. The number of rotatable bonds is 4. The molecule has 17 heteroatoms. The van der Waals surface area contributed by atoms with E-state index in [4.69, 9.17) is 51.1 Å². The van der Waals surface area contributed by atoms with Gasteiger partial charge >= 0.3 is 0 Å². The van der Waals surface area contributed by atoms with E-state index in [1.165, 1.54) is 31.4 Å². The van der Waals surface area contributed by atoms with Crippen molar-refractivity contribution in [1.82, 2.24) is 0 Å². The average Bonchev–Trinajstić information content (AvgIpc) is 3.43. The second kappa shape index (κ2) is 11.8. The number of amides is 4. The molecule has 2 aliphatic carbocycles. The number of halogens is 9. The summed E-state index contributed by atoms with van der Waals surface area (Å²) in [6.07, 6.45) is 0.755. The zero-order valence-corrected chi connectivity index (χ0v) is 29.0. The van der Waals surface area contributed by atoms with Crippen molar-refractivity contribution in [3.05, 3.63) is 92.2 Å². The van der Waals surface area contributed by atoms with E-state index in [9.17, 15) is 37.5 Å². The Hall–Kier alpha value is -3.91. The Labute approximate surface area is 305 Å².